The van der Waals surface area contributed by atoms with Crippen molar-refractivity contribution in [2.75, 3.05) is 19.6 Å². The van der Waals surface area contributed by atoms with Crippen LogP contribution >= 0.6 is 20.2 Å². The van der Waals surface area contributed by atoms with Gasteiger partial charge in [0.1, 0.15) is 26.6 Å². The van der Waals surface area contributed by atoms with Crippen LogP contribution in [0.25, 0.3) is 10.9 Å². The van der Waals surface area contributed by atoms with Crippen LogP contribution in [0.2, 0.25) is 5.02 Å². The molecule has 3 heterocycles. The summed E-state index contributed by atoms with van der Waals surface area (Å²) >= 11 is 6.08. The fraction of sp³-hybridized carbons (Fsp3) is 0.238. The summed E-state index contributed by atoms with van der Waals surface area (Å²) in [6, 6.07) is 25.2. The SMILES string of the molecule is C=CCN1CC(=O)N2[C@@H](Cc3ccc(OP([O-])O)cc3)C(=O)N(Cc3cccc4c(C(C)=O)cn(S(=O)(=O)c5ccc(Cl)cc5)c34)C[C@@H]2N1C(=O)CCc1ccccc1.[Na+].[Na+].[OH-]. The Kier molecular flexibility index (Phi) is 18.1. The number of carbonyl (C=O) groups excluding carboxylic acids is 4. The molecule has 0 aliphatic carbocycles. The molecule has 2 N–H and O–H groups in total. The summed E-state index contributed by atoms with van der Waals surface area (Å²) in [7, 11) is -7.20. The van der Waals surface area contributed by atoms with E-state index in [-0.39, 0.29) is 143 Å². The van der Waals surface area contributed by atoms with Gasteiger partial charge < -0.3 is 29.6 Å². The van der Waals surface area contributed by atoms with Gasteiger partial charge in [-0.2, -0.15) is 0 Å². The normalized spacial score (nSPS) is 17.0. The monoisotopic (exact) mass is 919 g/mol. The van der Waals surface area contributed by atoms with Crippen LogP contribution < -0.4 is 68.5 Å². The van der Waals surface area contributed by atoms with Gasteiger partial charge >= 0.3 is 59.1 Å². The number of hydrogen-bond donors (Lipinski definition) is 1. The summed E-state index contributed by atoms with van der Waals surface area (Å²) in [6.07, 6.45) is 2.46. The summed E-state index contributed by atoms with van der Waals surface area (Å²) in [5, 5.41) is 3.87. The van der Waals surface area contributed by atoms with Crippen molar-refractivity contribution < 1.29 is 106 Å². The van der Waals surface area contributed by atoms with Crippen LogP contribution in [0.3, 0.4) is 0 Å². The Hall–Kier alpha value is -3.45. The molecule has 4 aromatic carbocycles. The fourth-order valence-electron chi connectivity index (χ4n) is 7.76. The molecule has 20 heteroatoms. The number of amides is 3. The standard InChI is InChI=1S/C42H40ClN5O9PS.2Na.H2O/c1-3-22-45-27-40(51)47-37(23-30-12-17-33(18-13-30)57-58(53)54)42(52)44(26-38(47)48(45)39(50)21-14-29-8-5-4-6-9-29)24-31-10-7-11-35-36(28(2)49)25-46(41(31)35)59(55,56)34-19-15-32(43)16-20-34;;;/h3-13,15-20,25,37-38,53H,1,14,21-24,26-27H2,2H3;;;1H2/q-1;2*+1;/p-1/t37-,38-;;;/m0.../s1. The number of ketones is 1. The van der Waals surface area contributed by atoms with E-state index in [1.807, 2.05) is 30.3 Å². The zero-order valence-corrected chi connectivity index (χ0v) is 40.8. The maximum atomic E-state index is 14.8. The van der Waals surface area contributed by atoms with Crippen LogP contribution in [-0.4, -0.2) is 97.9 Å². The zero-order valence-electron chi connectivity index (χ0n) is 34.3. The number of carbonyl (C=O) groups is 4. The molecule has 0 radical (unpaired) electrons. The molecule has 0 saturated carbocycles. The summed E-state index contributed by atoms with van der Waals surface area (Å²) in [4.78, 5) is 79.7. The quantitative estimate of drug-likeness (QED) is 0.0589. The molecule has 3 atom stereocenters. The van der Waals surface area contributed by atoms with Gasteiger partial charge in [-0.1, -0.05) is 78.3 Å². The molecule has 1 aromatic heterocycles. The molecule has 15 nitrogen and oxygen atoms in total. The van der Waals surface area contributed by atoms with Crippen molar-refractivity contribution in [3.05, 3.63) is 143 Å². The number of benzene rings is 4. The average Bonchev–Trinajstić information content (AvgIpc) is 3.62. The maximum absolute atomic E-state index is 14.8. The summed E-state index contributed by atoms with van der Waals surface area (Å²) in [5.41, 5.74) is 2.32. The van der Waals surface area contributed by atoms with Gasteiger partial charge in [-0.05, 0) is 66.4 Å². The Morgan fingerprint density at radius 1 is 0.968 bits per heavy atom. The summed E-state index contributed by atoms with van der Waals surface area (Å²) in [5.74, 6) is -1.34. The maximum Gasteiger partial charge on any atom is 1.00 e. The van der Waals surface area contributed by atoms with Crippen LogP contribution in [0.1, 0.15) is 40.4 Å². The first-order valence-electron chi connectivity index (χ1n) is 18.7. The van der Waals surface area contributed by atoms with Gasteiger partial charge in [0.15, 0.2) is 5.78 Å². The van der Waals surface area contributed by atoms with E-state index in [1.54, 1.807) is 41.4 Å². The van der Waals surface area contributed by atoms with Crippen molar-refractivity contribution in [3.63, 3.8) is 0 Å². The minimum atomic E-state index is -4.29. The van der Waals surface area contributed by atoms with E-state index in [0.29, 0.717) is 28.0 Å². The van der Waals surface area contributed by atoms with Crippen molar-refractivity contribution in [1.82, 2.24) is 23.8 Å². The Bertz CT molecular complexity index is 2530. The second-order valence-electron chi connectivity index (χ2n) is 14.2. The Morgan fingerprint density at radius 3 is 2.27 bits per heavy atom. The number of Topliss-reactive ketones (excluding diaryl/α,β-unsaturated/α-hetero) is 1. The topological polar surface area (TPSA) is 203 Å². The van der Waals surface area contributed by atoms with Crippen LogP contribution in [0.15, 0.2) is 121 Å². The van der Waals surface area contributed by atoms with E-state index in [9.17, 15) is 37.4 Å². The molecule has 2 aliphatic rings. The van der Waals surface area contributed by atoms with E-state index >= 15 is 0 Å². The molecule has 3 amide bonds. The van der Waals surface area contributed by atoms with Crippen molar-refractivity contribution in [3.8, 4) is 5.75 Å². The minimum Gasteiger partial charge on any atom is -0.870 e. The molecular formula is C42H41ClN5Na2O10PS. The summed E-state index contributed by atoms with van der Waals surface area (Å²) in [6.45, 7) is 4.90. The van der Waals surface area contributed by atoms with E-state index in [4.69, 9.17) is 16.1 Å². The van der Waals surface area contributed by atoms with Gasteiger partial charge in [-0.25, -0.2) is 22.4 Å². The smallest absolute Gasteiger partial charge is 0.870 e. The molecule has 62 heavy (non-hydrogen) atoms. The molecule has 2 saturated heterocycles. The van der Waals surface area contributed by atoms with Crippen molar-refractivity contribution in [2.45, 2.75) is 49.8 Å². The van der Waals surface area contributed by atoms with E-state index in [0.717, 1.165) is 9.54 Å². The van der Waals surface area contributed by atoms with Gasteiger partial charge in [0, 0.05) is 48.1 Å². The number of fused-ring (bicyclic) bond motifs is 2. The Morgan fingerprint density at radius 2 is 1.65 bits per heavy atom. The predicted molar refractivity (Wildman–Crippen MR) is 221 cm³/mol. The van der Waals surface area contributed by atoms with Crippen LogP contribution in [0.5, 0.6) is 5.75 Å². The van der Waals surface area contributed by atoms with Crippen molar-refractivity contribution >= 4 is 64.6 Å². The number of nitrogens with zero attached hydrogens (tertiary/aromatic N) is 5. The minimum absolute atomic E-state index is 0. The molecule has 1 unspecified atom stereocenters. The predicted octanol–water partition coefficient (Wildman–Crippen LogP) is -1.49. The first-order chi connectivity index (χ1) is 28.3. The molecule has 0 spiro atoms. The fourth-order valence-corrected chi connectivity index (χ4v) is 9.59. The first kappa shape index (κ1) is 51.2. The van der Waals surface area contributed by atoms with Crippen LogP contribution in [0, 0.1) is 0 Å². The third-order valence-corrected chi connectivity index (χ3v) is 12.7. The number of hydrogen-bond acceptors (Lipinski definition) is 11. The van der Waals surface area contributed by atoms with Crippen LogP contribution in [-0.2, 0) is 43.8 Å². The number of hydrazine groups is 1. The number of halogens is 1. The van der Waals surface area contributed by atoms with E-state index < -0.39 is 36.7 Å². The second-order valence-corrected chi connectivity index (χ2v) is 17.1. The molecule has 5 aromatic rings. The number of rotatable bonds is 14. The number of aryl methyl sites for hydroxylation is 1. The molecule has 7 rings (SSSR count). The molecule has 314 valence electrons. The van der Waals surface area contributed by atoms with Gasteiger partial charge in [-0.3, -0.25) is 19.2 Å². The van der Waals surface area contributed by atoms with Gasteiger partial charge in [-0.15, -0.1) is 6.58 Å². The molecule has 2 fully saturated rings. The van der Waals surface area contributed by atoms with Crippen LogP contribution in [0.4, 0.5) is 0 Å². The number of para-hydroxylation sites is 1. The van der Waals surface area contributed by atoms with E-state index in [2.05, 4.69) is 6.58 Å². The summed E-state index contributed by atoms with van der Waals surface area (Å²) < 4.78 is 34.4. The molecule has 2 aliphatic heterocycles. The first-order valence-corrected chi connectivity index (χ1v) is 21.6. The van der Waals surface area contributed by atoms with E-state index in [1.165, 1.54) is 64.3 Å². The number of piperazine rings is 1. The number of aromatic nitrogens is 1. The third kappa shape index (κ3) is 10.9. The molecule has 0 bridgehead atoms. The zero-order chi connectivity index (χ0) is 42.0. The van der Waals surface area contributed by atoms with Gasteiger partial charge in [0.2, 0.25) is 17.7 Å². The van der Waals surface area contributed by atoms with Crippen molar-refractivity contribution in [2.24, 2.45) is 0 Å². The third-order valence-electron chi connectivity index (χ3n) is 10.4. The average molecular weight is 920 g/mol. The molecular weight excluding hydrogens is 879 g/mol. The Labute approximate surface area is 409 Å². The Balaban J connectivity index is 0.00000282. The van der Waals surface area contributed by atoms with Crippen molar-refractivity contribution in [1.29, 1.82) is 0 Å². The largest absolute Gasteiger partial charge is 1.00 e. The van der Waals surface area contributed by atoms with Gasteiger partial charge in [0.05, 0.1) is 23.5 Å². The van der Waals surface area contributed by atoms with Gasteiger partial charge in [0.25, 0.3) is 10.0 Å². The second kappa shape index (κ2) is 22.0.